The number of benzene rings is 5. The van der Waals surface area contributed by atoms with Crippen LogP contribution < -0.4 is 32.7 Å². The van der Waals surface area contributed by atoms with Gasteiger partial charge in [0, 0.05) is 64.8 Å². The number of fused-ring (bicyclic) bond motifs is 1. The quantitative estimate of drug-likeness (QED) is 0.0405. The van der Waals surface area contributed by atoms with Crippen LogP contribution in [0, 0.1) is 0 Å². The molecule has 0 aliphatic carbocycles. The Hall–Kier alpha value is -7.34. The molecule has 5 aromatic rings. The fourth-order valence-electron chi connectivity index (χ4n) is 10.5. The number of amides is 6. The van der Waals surface area contributed by atoms with Crippen LogP contribution in [0.5, 0.6) is 0 Å². The van der Waals surface area contributed by atoms with E-state index in [1.54, 1.807) is 11.8 Å². The predicted octanol–water partition coefficient (Wildman–Crippen LogP) is 3.52. The van der Waals surface area contributed by atoms with Gasteiger partial charge >= 0.3 is 0 Å². The van der Waals surface area contributed by atoms with Crippen LogP contribution in [0.3, 0.4) is 0 Å². The van der Waals surface area contributed by atoms with E-state index in [1.165, 1.54) is 23.1 Å². The standard InChI is InChI=1S/C44H59N9O9S2.C14H13NO/c1-2-51(27-23-40(55)50-24-9-10-25-50)63(59,60)34-16-11-17-35(28-34)64(61,62)52-26-22-33-18-20-38(43(57)49-41(31-12-5-3-6-13-31)32-14-7-4-8-15-32)53(33)44(58)37(29-52)48-42(56)36(47-30-45)19-21-39(46)54;16-11-15-14(12-7-3-1-4-8-12)13-9-5-2-6-10-13/h3-8,11-17,28,33,36-38,41,47H,2,9-10,18-27,29-30,45H2,1H3,(H2,46,54)(H,48,56)(H,49,57);1-11,14H,(H,15,16)/t33-,36+,37+,38+;/m1./s1. The first kappa shape index (κ1) is 60.3. The third kappa shape index (κ3) is 15.3. The molecular formula is C58H72N10O10S2. The van der Waals surface area contributed by atoms with Crippen molar-refractivity contribution in [2.24, 2.45) is 11.5 Å². The molecule has 6 amide bonds. The average Bonchev–Trinajstić information content (AvgIpc) is 4.22. The molecule has 0 unspecified atom stereocenters. The lowest BCUT2D eigenvalue weighted by Gasteiger charge is -2.39. The van der Waals surface area contributed by atoms with Crippen LogP contribution in [0.25, 0.3) is 0 Å². The van der Waals surface area contributed by atoms with Gasteiger partial charge in [-0.15, -0.1) is 0 Å². The fraction of sp³-hybridized carbons (Fsp3) is 0.379. The van der Waals surface area contributed by atoms with Crippen molar-refractivity contribution in [3.8, 4) is 0 Å². The number of nitrogens with one attached hydrogen (secondary N) is 4. The molecule has 8 N–H and O–H groups in total. The lowest BCUT2D eigenvalue weighted by Crippen LogP contribution is -2.62. The molecule has 0 radical (unpaired) electrons. The molecule has 3 heterocycles. The molecule has 3 saturated heterocycles. The molecule has 22 heteroatoms. The Balaban J connectivity index is 0.000000492. The molecule has 0 bridgehead atoms. The highest BCUT2D eigenvalue weighted by Crippen LogP contribution is 2.33. The van der Waals surface area contributed by atoms with Crippen LogP contribution in [0.2, 0.25) is 0 Å². The fourth-order valence-corrected chi connectivity index (χ4v) is 13.6. The molecule has 426 valence electrons. The molecule has 3 fully saturated rings. The highest BCUT2D eigenvalue weighted by molar-refractivity contribution is 7.90. The zero-order valence-electron chi connectivity index (χ0n) is 44.8. The number of carbonyl (C=O) groups excluding carboxylic acids is 6. The van der Waals surface area contributed by atoms with Crippen LogP contribution in [0.15, 0.2) is 155 Å². The number of hydrogen-bond acceptors (Lipinski definition) is 12. The highest BCUT2D eigenvalue weighted by Gasteiger charge is 2.47. The van der Waals surface area contributed by atoms with E-state index < -0.39 is 80.4 Å². The van der Waals surface area contributed by atoms with Crippen molar-refractivity contribution in [1.82, 2.24) is 39.7 Å². The van der Waals surface area contributed by atoms with Gasteiger partial charge < -0.3 is 37.2 Å². The first-order valence-electron chi connectivity index (χ1n) is 27.0. The van der Waals surface area contributed by atoms with Crippen LogP contribution in [-0.2, 0) is 48.8 Å². The van der Waals surface area contributed by atoms with Crippen LogP contribution in [0.1, 0.15) is 92.6 Å². The van der Waals surface area contributed by atoms with Crippen LogP contribution in [-0.4, -0.2) is 141 Å². The van der Waals surface area contributed by atoms with E-state index in [-0.39, 0.29) is 80.1 Å². The maximum absolute atomic E-state index is 14.9. The molecule has 20 nitrogen and oxygen atoms in total. The minimum Gasteiger partial charge on any atom is -0.370 e. The molecule has 3 aliphatic rings. The molecule has 5 aromatic carbocycles. The largest absolute Gasteiger partial charge is 0.370 e. The van der Waals surface area contributed by atoms with Gasteiger partial charge in [0.25, 0.3) is 0 Å². The zero-order valence-corrected chi connectivity index (χ0v) is 46.5. The average molecular weight is 1130 g/mol. The molecule has 80 heavy (non-hydrogen) atoms. The summed E-state index contributed by atoms with van der Waals surface area (Å²) < 4.78 is 59.3. The second-order valence-corrected chi connectivity index (χ2v) is 23.7. The smallest absolute Gasteiger partial charge is 0.247 e. The second kappa shape index (κ2) is 28.7. The molecule has 8 rings (SSSR count). The van der Waals surface area contributed by atoms with E-state index >= 15 is 0 Å². The van der Waals surface area contributed by atoms with Crippen LogP contribution >= 0.6 is 0 Å². The molecule has 4 atom stereocenters. The van der Waals surface area contributed by atoms with Crippen molar-refractivity contribution in [3.63, 3.8) is 0 Å². The Morgan fingerprint density at radius 1 is 0.713 bits per heavy atom. The highest BCUT2D eigenvalue weighted by atomic mass is 32.2. The van der Waals surface area contributed by atoms with E-state index in [4.69, 9.17) is 11.5 Å². The summed E-state index contributed by atoms with van der Waals surface area (Å²) in [6, 6.07) is 38.8. The lowest BCUT2D eigenvalue weighted by atomic mass is 9.98. The summed E-state index contributed by atoms with van der Waals surface area (Å²) in [5, 5.41) is 11.5. The minimum atomic E-state index is -4.54. The summed E-state index contributed by atoms with van der Waals surface area (Å²) in [6.45, 7) is 1.97. The Labute approximate surface area is 468 Å². The first-order chi connectivity index (χ1) is 38.6. The van der Waals surface area contributed by atoms with Crippen molar-refractivity contribution >= 4 is 56.0 Å². The molecule has 0 aromatic heterocycles. The van der Waals surface area contributed by atoms with E-state index in [0.717, 1.165) is 56.2 Å². The Morgan fingerprint density at radius 2 is 1.26 bits per heavy atom. The third-order valence-electron chi connectivity index (χ3n) is 14.7. The monoisotopic (exact) mass is 1130 g/mol. The van der Waals surface area contributed by atoms with Crippen molar-refractivity contribution in [2.45, 2.75) is 104 Å². The van der Waals surface area contributed by atoms with E-state index in [1.807, 2.05) is 121 Å². The summed E-state index contributed by atoms with van der Waals surface area (Å²) in [5.74, 6) is -2.68. The van der Waals surface area contributed by atoms with Crippen molar-refractivity contribution in [2.75, 3.05) is 45.9 Å². The van der Waals surface area contributed by atoms with Crippen LogP contribution in [0.4, 0.5) is 0 Å². The van der Waals surface area contributed by atoms with Gasteiger partial charge in [0.05, 0.1) is 27.9 Å². The summed E-state index contributed by atoms with van der Waals surface area (Å²) in [6.07, 6.45) is 3.01. The molecule has 0 spiro atoms. The Kier molecular flexibility index (Phi) is 21.6. The van der Waals surface area contributed by atoms with E-state index in [2.05, 4.69) is 21.3 Å². The SMILES string of the molecule is CCN(CCC(=O)N1CCCC1)S(=O)(=O)c1cccc(S(=O)(=O)N2CC[C@H]3CC[C@@H](C(=O)NC(c4ccccc4)c4ccccc4)N3C(=O)[C@@H](NC(=O)[C@H](CCC(N)=O)NCN)C2)c1.O=CNC(c1ccccc1)c1ccccc1. The summed E-state index contributed by atoms with van der Waals surface area (Å²) >= 11 is 0. The topological polar surface area (TPSA) is 284 Å². The van der Waals surface area contributed by atoms with Gasteiger partial charge in [-0.3, -0.25) is 34.1 Å². The summed E-state index contributed by atoms with van der Waals surface area (Å²) in [5.41, 5.74) is 14.9. The molecule has 0 saturated carbocycles. The summed E-state index contributed by atoms with van der Waals surface area (Å²) in [7, 11) is -8.80. The predicted molar refractivity (Wildman–Crippen MR) is 301 cm³/mol. The van der Waals surface area contributed by atoms with E-state index in [0.29, 0.717) is 19.5 Å². The number of primary amides is 1. The van der Waals surface area contributed by atoms with Gasteiger partial charge in [-0.05, 0) is 79.0 Å². The zero-order chi connectivity index (χ0) is 57.2. The van der Waals surface area contributed by atoms with Crippen molar-refractivity contribution in [3.05, 3.63) is 168 Å². The summed E-state index contributed by atoms with van der Waals surface area (Å²) in [4.78, 5) is 80.7. The number of nitrogens with two attached hydrogens (primary N) is 2. The van der Waals surface area contributed by atoms with Crippen molar-refractivity contribution in [1.29, 1.82) is 0 Å². The Bertz CT molecular complexity index is 3030. The normalized spacial score (nSPS) is 18.1. The maximum atomic E-state index is 14.9. The number of rotatable bonds is 23. The Morgan fingerprint density at radius 3 is 1.79 bits per heavy atom. The number of carbonyl (C=O) groups is 6. The third-order valence-corrected chi connectivity index (χ3v) is 18.5. The maximum Gasteiger partial charge on any atom is 0.247 e. The second-order valence-electron chi connectivity index (χ2n) is 19.8. The van der Waals surface area contributed by atoms with Gasteiger partial charge in [-0.1, -0.05) is 134 Å². The molecule has 3 aliphatic heterocycles. The van der Waals surface area contributed by atoms with Gasteiger partial charge in [-0.25, -0.2) is 16.8 Å². The van der Waals surface area contributed by atoms with Gasteiger partial charge in [0.2, 0.25) is 56.0 Å². The number of likely N-dealkylation sites (tertiary alicyclic amines) is 1. The number of nitrogens with zero attached hydrogens (tertiary/aromatic N) is 4. The first-order valence-corrected chi connectivity index (χ1v) is 29.9. The minimum absolute atomic E-state index is 0.0223. The van der Waals surface area contributed by atoms with Gasteiger partial charge in [0.1, 0.15) is 12.1 Å². The number of hydrogen-bond donors (Lipinski definition) is 6. The molecular weight excluding hydrogens is 1060 g/mol. The lowest BCUT2D eigenvalue weighted by molar-refractivity contribution is -0.144. The number of sulfonamides is 2. The van der Waals surface area contributed by atoms with Crippen molar-refractivity contribution < 1.29 is 45.6 Å². The van der Waals surface area contributed by atoms with Gasteiger partial charge in [0.15, 0.2) is 0 Å². The van der Waals surface area contributed by atoms with E-state index in [9.17, 15) is 45.6 Å². The van der Waals surface area contributed by atoms with Gasteiger partial charge in [-0.2, -0.15) is 8.61 Å².